The van der Waals surface area contributed by atoms with Crippen LogP contribution in [-0.4, -0.2) is 43.0 Å². The number of hydrogen-bond acceptors (Lipinski definition) is 6. The van der Waals surface area contributed by atoms with Crippen LogP contribution >= 0.6 is 0 Å². The summed E-state index contributed by atoms with van der Waals surface area (Å²) in [7, 11) is 1.66. The van der Waals surface area contributed by atoms with Crippen LogP contribution in [0.1, 0.15) is 23.8 Å². The highest BCUT2D eigenvalue weighted by atomic mass is 16.5. The fourth-order valence-electron chi connectivity index (χ4n) is 2.02. The van der Waals surface area contributed by atoms with E-state index in [9.17, 15) is 4.79 Å². The number of hydrogen-bond donors (Lipinski definition) is 2. The number of methoxy groups -OCH3 is 1. The summed E-state index contributed by atoms with van der Waals surface area (Å²) in [5.41, 5.74) is 0.844. The Morgan fingerprint density at radius 1 is 1.17 bits per heavy atom. The molecule has 0 saturated heterocycles. The molecule has 0 unspecified atom stereocenters. The number of nitrogens with zero attached hydrogens (tertiary/aromatic N) is 2. The first kappa shape index (κ1) is 17.7. The molecule has 1 amide bonds. The number of amides is 1. The smallest absolute Gasteiger partial charge is 0.276 e. The molecular formula is C17H22N4O3. The van der Waals surface area contributed by atoms with E-state index >= 15 is 0 Å². The maximum atomic E-state index is 12.3. The lowest BCUT2D eigenvalue weighted by Crippen LogP contribution is -2.16. The van der Waals surface area contributed by atoms with Gasteiger partial charge >= 0.3 is 0 Å². The first-order valence-corrected chi connectivity index (χ1v) is 7.84. The Kier molecular flexibility index (Phi) is 6.97. The van der Waals surface area contributed by atoms with Crippen LogP contribution in [0.4, 0.5) is 11.5 Å². The van der Waals surface area contributed by atoms with Crippen LogP contribution in [-0.2, 0) is 4.74 Å². The van der Waals surface area contributed by atoms with Crippen molar-refractivity contribution < 1.29 is 14.3 Å². The second kappa shape index (κ2) is 9.46. The topological polar surface area (TPSA) is 85.4 Å². The van der Waals surface area contributed by atoms with Crippen molar-refractivity contribution in [1.82, 2.24) is 10.2 Å². The second-order valence-corrected chi connectivity index (χ2v) is 4.96. The molecule has 0 saturated carbocycles. The van der Waals surface area contributed by atoms with Crippen molar-refractivity contribution in [1.29, 1.82) is 0 Å². The van der Waals surface area contributed by atoms with E-state index < -0.39 is 0 Å². The maximum absolute atomic E-state index is 12.3. The average Bonchev–Trinajstić information content (AvgIpc) is 2.61. The summed E-state index contributed by atoms with van der Waals surface area (Å²) in [5.74, 6) is 0.913. The fourth-order valence-corrected chi connectivity index (χ4v) is 2.02. The number of rotatable bonds is 9. The molecule has 24 heavy (non-hydrogen) atoms. The first-order chi connectivity index (χ1) is 11.7. The zero-order chi connectivity index (χ0) is 17.2. The van der Waals surface area contributed by atoms with E-state index in [1.165, 1.54) is 0 Å². The minimum Gasteiger partial charge on any atom is -0.492 e. The molecule has 7 nitrogen and oxygen atoms in total. The van der Waals surface area contributed by atoms with Crippen LogP contribution in [0.2, 0.25) is 0 Å². The van der Waals surface area contributed by atoms with E-state index in [0.29, 0.717) is 30.5 Å². The van der Waals surface area contributed by atoms with Crippen LogP contribution in [0.5, 0.6) is 5.75 Å². The van der Waals surface area contributed by atoms with Crippen LogP contribution < -0.4 is 15.4 Å². The van der Waals surface area contributed by atoms with Gasteiger partial charge in [0.15, 0.2) is 5.69 Å². The lowest BCUT2D eigenvalue weighted by Gasteiger charge is -2.11. The third kappa shape index (κ3) is 5.20. The van der Waals surface area contributed by atoms with Crippen LogP contribution in [0.3, 0.4) is 0 Å². The number of ether oxygens (including phenoxy) is 2. The van der Waals surface area contributed by atoms with Crippen molar-refractivity contribution in [3.8, 4) is 5.75 Å². The van der Waals surface area contributed by atoms with Gasteiger partial charge in [0.1, 0.15) is 11.6 Å². The minimum atomic E-state index is -0.333. The molecule has 2 aromatic rings. The number of benzene rings is 1. The van der Waals surface area contributed by atoms with Crippen molar-refractivity contribution in [2.45, 2.75) is 13.3 Å². The lowest BCUT2D eigenvalue weighted by atomic mass is 10.2. The fraction of sp³-hybridized carbons (Fsp3) is 0.353. The summed E-state index contributed by atoms with van der Waals surface area (Å²) in [6.45, 7) is 3.83. The third-order valence-corrected chi connectivity index (χ3v) is 3.16. The van der Waals surface area contributed by atoms with Gasteiger partial charge < -0.3 is 20.1 Å². The average molecular weight is 330 g/mol. The minimum absolute atomic E-state index is 0.240. The molecular weight excluding hydrogens is 308 g/mol. The van der Waals surface area contributed by atoms with Gasteiger partial charge in [-0.1, -0.05) is 12.1 Å². The van der Waals surface area contributed by atoms with E-state index in [0.717, 1.165) is 13.0 Å². The van der Waals surface area contributed by atoms with Gasteiger partial charge in [-0.15, -0.1) is 10.2 Å². The Hall–Kier alpha value is -2.67. The van der Waals surface area contributed by atoms with Crippen molar-refractivity contribution in [3.05, 3.63) is 42.1 Å². The van der Waals surface area contributed by atoms with E-state index in [4.69, 9.17) is 9.47 Å². The Balaban J connectivity index is 1.95. The Labute approximate surface area is 141 Å². The molecule has 1 aromatic heterocycles. The van der Waals surface area contributed by atoms with Gasteiger partial charge in [0.2, 0.25) is 0 Å². The highest BCUT2D eigenvalue weighted by Gasteiger charge is 2.11. The summed E-state index contributed by atoms with van der Waals surface area (Å²) in [4.78, 5) is 12.3. The Morgan fingerprint density at radius 2 is 2.00 bits per heavy atom. The monoisotopic (exact) mass is 330 g/mol. The standard InChI is InChI=1S/C17H22N4O3/c1-3-24-15-8-5-4-7-13(15)19-17(22)14-9-10-16(21-20-14)18-11-6-12-23-2/h4-5,7-10H,3,6,11-12H2,1-2H3,(H,18,21)(H,19,22). The van der Waals surface area contributed by atoms with Crippen LogP contribution in [0, 0.1) is 0 Å². The number of para-hydroxylation sites is 2. The molecule has 0 atom stereocenters. The summed E-state index contributed by atoms with van der Waals surface area (Å²) in [5, 5.41) is 13.9. The normalized spacial score (nSPS) is 10.2. The molecule has 0 radical (unpaired) electrons. The molecule has 0 aliphatic heterocycles. The van der Waals surface area contributed by atoms with E-state index in [1.54, 1.807) is 31.4 Å². The second-order valence-electron chi connectivity index (χ2n) is 4.96. The van der Waals surface area contributed by atoms with E-state index in [-0.39, 0.29) is 11.6 Å². The van der Waals surface area contributed by atoms with Crippen LogP contribution in [0.25, 0.3) is 0 Å². The number of carbonyl (C=O) groups excluding carboxylic acids is 1. The molecule has 1 heterocycles. The third-order valence-electron chi connectivity index (χ3n) is 3.16. The van der Waals surface area contributed by atoms with Gasteiger partial charge in [0.05, 0.1) is 12.3 Å². The highest BCUT2D eigenvalue weighted by molar-refractivity contribution is 6.03. The molecule has 0 bridgehead atoms. The molecule has 2 N–H and O–H groups in total. The first-order valence-electron chi connectivity index (χ1n) is 7.84. The summed E-state index contributed by atoms with van der Waals surface area (Å²) in [6.07, 6.45) is 0.870. The molecule has 128 valence electrons. The van der Waals surface area contributed by atoms with Crippen LogP contribution in [0.15, 0.2) is 36.4 Å². The predicted octanol–water partition coefficient (Wildman–Crippen LogP) is 2.58. The Morgan fingerprint density at radius 3 is 2.71 bits per heavy atom. The van der Waals surface area contributed by atoms with Crippen molar-refractivity contribution >= 4 is 17.4 Å². The summed E-state index contributed by atoms with van der Waals surface area (Å²) in [6, 6.07) is 10.6. The molecule has 0 aliphatic rings. The van der Waals surface area contributed by atoms with Crippen molar-refractivity contribution in [3.63, 3.8) is 0 Å². The van der Waals surface area contributed by atoms with Gasteiger partial charge in [0, 0.05) is 20.3 Å². The van der Waals surface area contributed by atoms with Gasteiger partial charge in [0.25, 0.3) is 5.91 Å². The molecule has 0 spiro atoms. The largest absolute Gasteiger partial charge is 0.492 e. The zero-order valence-corrected chi connectivity index (χ0v) is 13.9. The zero-order valence-electron chi connectivity index (χ0n) is 13.9. The van der Waals surface area contributed by atoms with E-state index in [1.807, 2.05) is 19.1 Å². The van der Waals surface area contributed by atoms with Gasteiger partial charge in [-0.25, -0.2) is 0 Å². The van der Waals surface area contributed by atoms with Gasteiger partial charge in [-0.2, -0.15) is 0 Å². The number of nitrogens with one attached hydrogen (secondary N) is 2. The molecule has 1 aromatic carbocycles. The molecule has 0 fully saturated rings. The lowest BCUT2D eigenvalue weighted by molar-refractivity contribution is 0.102. The maximum Gasteiger partial charge on any atom is 0.276 e. The predicted molar refractivity (Wildman–Crippen MR) is 92.6 cm³/mol. The Bertz CT molecular complexity index is 647. The van der Waals surface area contributed by atoms with Crippen molar-refractivity contribution in [2.75, 3.05) is 37.5 Å². The number of aromatic nitrogens is 2. The highest BCUT2D eigenvalue weighted by Crippen LogP contribution is 2.24. The number of anilines is 2. The molecule has 2 rings (SSSR count). The summed E-state index contributed by atoms with van der Waals surface area (Å²) >= 11 is 0. The SMILES string of the molecule is CCOc1ccccc1NC(=O)c1ccc(NCCCOC)nn1. The summed E-state index contributed by atoms with van der Waals surface area (Å²) < 4.78 is 10.5. The molecule has 0 aliphatic carbocycles. The van der Waals surface area contributed by atoms with Crippen molar-refractivity contribution in [2.24, 2.45) is 0 Å². The quantitative estimate of drug-likeness (QED) is 0.687. The molecule has 7 heteroatoms. The van der Waals surface area contributed by atoms with Gasteiger partial charge in [-0.05, 0) is 37.6 Å². The van der Waals surface area contributed by atoms with E-state index in [2.05, 4.69) is 20.8 Å². The van der Waals surface area contributed by atoms with Gasteiger partial charge in [-0.3, -0.25) is 4.79 Å². The number of carbonyl (C=O) groups is 1.